The molecule has 136 valence electrons. The Labute approximate surface area is 154 Å². The molecular weight excluding hydrogens is 350 g/mol. The normalized spacial score (nSPS) is 11.3. The van der Waals surface area contributed by atoms with E-state index in [2.05, 4.69) is 20.4 Å². The lowest BCUT2D eigenvalue weighted by Gasteiger charge is -2.07. The molecule has 0 saturated carbocycles. The standard InChI is InChI=1S/C18H15N5O4/c1-27-18(24)17(12-21-14-5-4-6-15(9-14)23(25)26)22-11-13(10-19)16-7-2-3-8-20-16/h2-9,11-12,21-22H,1H3/b13-11-,17-12+. The lowest BCUT2D eigenvalue weighted by Crippen LogP contribution is -2.18. The fourth-order valence-corrected chi connectivity index (χ4v) is 1.97. The molecule has 0 aliphatic heterocycles. The molecule has 1 aromatic carbocycles. The summed E-state index contributed by atoms with van der Waals surface area (Å²) in [5.41, 5.74) is 0.946. The number of nitro groups is 1. The Balaban J connectivity index is 2.22. The van der Waals surface area contributed by atoms with Crippen molar-refractivity contribution in [3.63, 3.8) is 0 Å². The van der Waals surface area contributed by atoms with Crippen LogP contribution in [0.1, 0.15) is 5.69 Å². The second-order valence-corrected chi connectivity index (χ2v) is 5.03. The second kappa shape index (κ2) is 9.33. The van der Waals surface area contributed by atoms with Crippen molar-refractivity contribution in [3.05, 3.63) is 82.6 Å². The van der Waals surface area contributed by atoms with Gasteiger partial charge < -0.3 is 15.4 Å². The molecule has 2 N–H and O–H groups in total. The number of non-ortho nitro benzene ring substituents is 1. The summed E-state index contributed by atoms with van der Waals surface area (Å²) >= 11 is 0. The SMILES string of the molecule is COC(=O)/C(=C\Nc1cccc([N+](=O)[O-])c1)N/C=C(/C#N)c1ccccn1. The molecule has 0 spiro atoms. The first-order valence-corrected chi connectivity index (χ1v) is 7.63. The Hall–Kier alpha value is -4.19. The minimum absolute atomic E-state index is 0.00677. The van der Waals surface area contributed by atoms with Gasteiger partial charge in [-0.2, -0.15) is 5.26 Å². The number of nitrogens with zero attached hydrogens (tertiary/aromatic N) is 3. The highest BCUT2D eigenvalue weighted by atomic mass is 16.6. The molecule has 2 rings (SSSR count). The van der Waals surface area contributed by atoms with Crippen LogP contribution in [-0.4, -0.2) is 23.0 Å². The third-order valence-corrected chi connectivity index (χ3v) is 3.28. The molecule has 0 aliphatic carbocycles. The predicted octanol–water partition coefficient (Wildman–Crippen LogP) is 2.57. The number of methoxy groups -OCH3 is 1. The highest BCUT2D eigenvalue weighted by Gasteiger charge is 2.10. The molecule has 0 unspecified atom stereocenters. The Morgan fingerprint density at radius 3 is 2.74 bits per heavy atom. The maximum Gasteiger partial charge on any atom is 0.355 e. The van der Waals surface area contributed by atoms with Crippen LogP contribution in [0.2, 0.25) is 0 Å². The Morgan fingerprint density at radius 2 is 2.11 bits per heavy atom. The first kappa shape index (κ1) is 19.1. The van der Waals surface area contributed by atoms with Gasteiger partial charge >= 0.3 is 5.97 Å². The average molecular weight is 365 g/mol. The predicted molar refractivity (Wildman–Crippen MR) is 97.8 cm³/mol. The Bertz CT molecular complexity index is 932. The number of ether oxygens (including phenoxy) is 1. The van der Waals surface area contributed by atoms with Crippen molar-refractivity contribution in [3.8, 4) is 6.07 Å². The third kappa shape index (κ3) is 5.40. The van der Waals surface area contributed by atoms with E-state index < -0.39 is 10.9 Å². The number of nitro benzene ring substituents is 1. The largest absolute Gasteiger partial charge is 0.464 e. The molecule has 27 heavy (non-hydrogen) atoms. The molecule has 0 fully saturated rings. The smallest absolute Gasteiger partial charge is 0.355 e. The fraction of sp³-hybridized carbons (Fsp3) is 0.0556. The zero-order valence-corrected chi connectivity index (χ0v) is 14.2. The van der Waals surface area contributed by atoms with Gasteiger partial charge in [0.15, 0.2) is 0 Å². The number of carbonyl (C=O) groups excluding carboxylic acids is 1. The van der Waals surface area contributed by atoms with Gasteiger partial charge in [-0.25, -0.2) is 4.79 Å². The molecule has 0 aliphatic rings. The molecule has 1 heterocycles. The quantitative estimate of drug-likeness (QED) is 0.252. The Kier molecular flexibility index (Phi) is 6.62. The van der Waals surface area contributed by atoms with Gasteiger partial charge in [-0.05, 0) is 18.2 Å². The van der Waals surface area contributed by atoms with Crippen LogP contribution in [0.5, 0.6) is 0 Å². The zero-order valence-electron chi connectivity index (χ0n) is 14.2. The molecule has 0 saturated heterocycles. The maximum atomic E-state index is 11.9. The highest BCUT2D eigenvalue weighted by Crippen LogP contribution is 2.17. The summed E-state index contributed by atoms with van der Waals surface area (Å²) in [7, 11) is 1.21. The molecule has 0 amide bonds. The van der Waals surface area contributed by atoms with Gasteiger partial charge in [0.2, 0.25) is 0 Å². The number of benzene rings is 1. The van der Waals surface area contributed by atoms with E-state index in [0.717, 1.165) is 0 Å². The van der Waals surface area contributed by atoms with Crippen LogP contribution < -0.4 is 10.6 Å². The van der Waals surface area contributed by atoms with Crippen LogP contribution >= 0.6 is 0 Å². The summed E-state index contributed by atoms with van der Waals surface area (Å²) < 4.78 is 4.69. The number of pyridine rings is 1. The van der Waals surface area contributed by atoms with Crippen LogP contribution in [0.25, 0.3) is 5.57 Å². The van der Waals surface area contributed by atoms with Crippen molar-refractivity contribution in [2.45, 2.75) is 0 Å². The number of carbonyl (C=O) groups is 1. The minimum atomic E-state index is -0.692. The number of allylic oxidation sites excluding steroid dienone is 1. The van der Waals surface area contributed by atoms with Gasteiger partial charge in [-0.3, -0.25) is 15.1 Å². The molecule has 0 bridgehead atoms. The van der Waals surface area contributed by atoms with E-state index in [-0.39, 0.29) is 17.0 Å². The number of hydrogen-bond donors (Lipinski definition) is 2. The van der Waals surface area contributed by atoms with Crippen LogP contribution in [0.4, 0.5) is 11.4 Å². The lowest BCUT2D eigenvalue weighted by atomic mass is 10.2. The number of esters is 1. The number of nitrogens with one attached hydrogen (secondary N) is 2. The van der Waals surface area contributed by atoms with Crippen molar-refractivity contribution in [2.75, 3.05) is 12.4 Å². The molecule has 9 heteroatoms. The lowest BCUT2D eigenvalue weighted by molar-refractivity contribution is -0.384. The third-order valence-electron chi connectivity index (χ3n) is 3.28. The topological polar surface area (TPSA) is 130 Å². The van der Waals surface area contributed by atoms with E-state index in [0.29, 0.717) is 11.4 Å². The van der Waals surface area contributed by atoms with E-state index in [1.807, 2.05) is 6.07 Å². The van der Waals surface area contributed by atoms with E-state index in [1.165, 1.54) is 37.7 Å². The zero-order chi connectivity index (χ0) is 19.6. The summed E-state index contributed by atoms with van der Waals surface area (Å²) in [4.78, 5) is 26.3. The van der Waals surface area contributed by atoms with E-state index in [9.17, 15) is 20.2 Å². The van der Waals surface area contributed by atoms with Crippen LogP contribution in [0.15, 0.2) is 66.8 Å². The molecule has 9 nitrogen and oxygen atoms in total. The van der Waals surface area contributed by atoms with Gasteiger partial charge in [0.1, 0.15) is 11.8 Å². The van der Waals surface area contributed by atoms with E-state index in [1.54, 1.807) is 30.5 Å². The van der Waals surface area contributed by atoms with Crippen molar-refractivity contribution >= 4 is 22.9 Å². The summed E-state index contributed by atoms with van der Waals surface area (Å²) in [5.74, 6) is -0.692. The molecule has 1 aromatic heterocycles. The summed E-state index contributed by atoms with van der Waals surface area (Å²) in [6, 6.07) is 12.9. The van der Waals surface area contributed by atoms with Gasteiger partial charge in [-0.15, -0.1) is 0 Å². The van der Waals surface area contributed by atoms with E-state index >= 15 is 0 Å². The summed E-state index contributed by atoms with van der Waals surface area (Å²) in [6.45, 7) is 0. The molecule has 0 radical (unpaired) electrons. The van der Waals surface area contributed by atoms with Crippen LogP contribution in [0.3, 0.4) is 0 Å². The Morgan fingerprint density at radius 1 is 1.30 bits per heavy atom. The summed E-state index contributed by atoms with van der Waals surface area (Å²) in [5, 5.41) is 25.6. The minimum Gasteiger partial charge on any atom is -0.464 e. The first-order valence-electron chi connectivity index (χ1n) is 7.63. The molecular formula is C18H15N5O4. The number of rotatable bonds is 7. The van der Waals surface area contributed by atoms with Crippen molar-refractivity contribution in [1.29, 1.82) is 5.26 Å². The van der Waals surface area contributed by atoms with Crippen molar-refractivity contribution < 1.29 is 14.5 Å². The number of aromatic nitrogens is 1. The van der Waals surface area contributed by atoms with Gasteiger partial charge in [-0.1, -0.05) is 12.1 Å². The van der Waals surface area contributed by atoms with Crippen molar-refractivity contribution in [1.82, 2.24) is 10.3 Å². The van der Waals surface area contributed by atoms with Gasteiger partial charge in [0.25, 0.3) is 5.69 Å². The average Bonchev–Trinajstić information content (AvgIpc) is 2.71. The number of anilines is 1. The number of hydrogen-bond acceptors (Lipinski definition) is 8. The van der Waals surface area contributed by atoms with Gasteiger partial charge in [0, 0.05) is 36.4 Å². The monoisotopic (exact) mass is 365 g/mol. The highest BCUT2D eigenvalue weighted by molar-refractivity contribution is 5.89. The van der Waals surface area contributed by atoms with Crippen molar-refractivity contribution in [2.24, 2.45) is 0 Å². The maximum absolute atomic E-state index is 11.9. The molecule has 2 aromatic rings. The second-order valence-electron chi connectivity index (χ2n) is 5.03. The van der Waals surface area contributed by atoms with Crippen LogP contribution in [0, 0.1) is 21.4 Å². The van der Waals surface area contributed by atoms with E-state index in [4.69, 9.17) is 0 Å². The summed E-state index contributed by atoms with van der Waals surface area (Å²) in [6.07, 6.45) is 4.15. The molecule has 0 atom stereocenters. The van der Waals surface area contributed by atoms with Crippen LogP contribution in [-0.2, 0) is 9.53 Å². The van der Waals surface area contributed by atoms with Gasteiger partial charge in [0.05, 0.1) is 23.3 Å². The number of nitriles is 1. The first-order chi connectivity index (χ1) is 13.0. The fourth-order valence-electron chi connectivity index (χ4n) is 1.97.